The lowest BCUT2D eigenvalue weighted by molar-refractivity contribution is 0.174. The molecule has 2 aromatic rings. The topological polar surface area (TPSA) is 101 Å². The third-order valence-electron chi connectivity index (χ3n) is 2.98. The molecule has 2 N–H and O–H groups in total. The van der Waals surface area contributed by atoms with Gasteiger partial charge in [-0.2, -0.15) is 5.10 Å². The number of fused-ring (bicyclic) bond motifs is 1. The van der Waals surface area contributed by atoms with Gasteiger partial charge >= 0.3 is 0 Å². The second-order valence-corrected chi connectivity index (χ2v) is 4.47. The first-order valence-corrected chi connectivity index (χ1v) is 6.27. The molecule has 8 nitrogen and oxygen atoms in total. The van der Waals surface area contributed by atoms with Crippen LogP contribution in [0.25, 0.3) is 0 Å². The molecule has 1 aliphatic rings. The summed E-state index contributed by atoms with van der Waals surface area (Å²) in [6.45, 7) is 3.63. The van der Waals surface area contributed by atoms with Crippen molar-refractivity contribution in [2.45, 2.75) is 13.8 Å². The van der Waals surface area contributed by atoms with Crippen LogP contribution in [0.4, 0.5) is 5.95 Å². The Morgan fingerprint density at radius 3 is 2.95 bits per heavy atom. The largest absolute Gasteiger partial charge is 0.454 e. The van der Waals surface area contributed by atoms with E-state index in [0.717, 1.165) is 5.56 Å². The Kier molecular flexibility index (Phi) is 3.27. The number of H-pyrrole nitrogens is 1. The molecule has 0 saturated heterocycles. The standard InChI is InChI=1S/C13H13N5O3/c1-7(9-3-4-10-11(5-9)21-6-20-10)15-17-13-14-12(19)8(2)16-18-13/h3-5H,6H2,1-2H3,(H2,14,17,18,19)/b15-7-. The number of nitrogens with one attached hydrogen (secondary N) is 2. The Hall–Kier alpha value is -2.90. The predicted molar refractivity (Wildman–Crippen MR) is 75.8 cm³/mol. The van der Waals surface area contributed by atoms with E-state index < -0.39 is 0 Å². The van der Waals surface area contributed by atoms with Gasteiger partial charge < -0.3 is 9.47 Å². The monoisotopic (exact) mass is 287 g/mol. The van der Waals surface area contributed by atoms with Crippen molar-refractivity contribution in [1.29, 1.82) is 0 Å². The molecule has 1 aromatic carbocycles. The number of aromatic amines is 1. The molecule has 1 aliphatic heterocycles. The highest BCUT2D eigenvalue weighted by Gasteiger charge is 2.14. The van der Waals surface area contributed by atoms with Crippen LogP contribution >= 0.6 is 0 Å². The number of aromatic nitrogens is 3. The van der Waals surface area contributed by atoms with Crippen LogP contribution in [0.1, 0.15) is 18.2 Å². The van der Waals surface area contributed by atoms with Gasteiger partial charge in [0.15, 0.2) is 11.5 Å². The molecular weight excluding hydrogens is 274 g/mol. The number of hydrazone groups is 1. The van der Waals surface area contributed by atoms with Crippen molar-refractivity contribution in [2.24, 2.45) is 5.10 Å². The number of hydrogen-bond donors (Lipinski definition) is 2. The van der Waals surface area contributed by atoms with Crippen molar-refractivity contribution in [3.63, 3.8) is 0 Å². The van der Waals surface area contributed by atoms with E-state index in [4.69, 9.17) is 9.47 Å². The molecule has 0 amide bonds. The maximum Gasteiger partial charge on any atom is 0.274 e. The summed E-state index contributed by atoms with van der Waals surface area (Å²) in [6, 6.07) is 5.54. The summed E-state index contributed by atoms with van der Waals surface area (Å²) in [7, 11) is 0. The number of ether oxygens (including phenoxy) is 2. The van der Waals surface area contributed by atoms with Gasteiger partial charge in [-0.1, -0.05) is 0 Å². The Labute approximate surface area is 119 Å². The van der Waals surface area contributed by atoms with Gasteiger partial charge in [-0.25, -0.2) is 5.43 Å². The van der Waals surface area contributed by atoms with Gasteiger partial charge in [-0.15, -0.1) is 10.2 Å². The Morgan fingerprint density at radius 1 is 1.33 bits per heavy atom. The van der Waals surface area contributed by atoms with Crippen molar-refractivity contribution >= 4 is 11.7 Å². The van der Waals surface area contributed by atoms with E-state index in [9.17, 15) is 4.79 Å². The summed E-state index contributed by atoms with van der Waals surface area (Å²) in [5.74, 6) is 1.59. The molecule has 108 valence electrons. The SMILES string of the molecule is C/C(=N/Nc1nnc(C)c(=O)[nH]1)c1ccc2c(c1)OCO2. The minimum atomic E-state index is -0.302. The first kappa shape index (κ1) is 13.1. The highest BCUT2D eigenvalue weighted by molar-refractivity contribution is 5.99. The quantitative estimate of drug-likeness (QED) is 0.646. The highest BCUT2D eigenvalue weighted by atomic mass is 16.7. The number of benzene rings is 1. The smallest absolute Gasteiger partial charge is 0.274 e. The Morgan fingerprint density at radius 2 is 2.14 bits per heavy atom. The van der Waals surface area contributed by atoms with Crippen LogP contribution in [0, 0.1) is 6.92 Å². The Balaban J connectivity index is 1.79. The Bertz CT molecular complexity index is 769. The van der Waals surface area contributed by atoms with E-state index in [1.54, 1.807) is 6.92 Å². The molecule has 21 heavy (non-hydrogen) atoms. The third-order valence-corrected chi connectivity index (χ3v) is 2.98. The van der Waals surface area contributed by atoms with Crippen LogP contribution in [-0.4, -0.2) is 27.7 Å². The fourth-order valence-electron chi connectivity index (χ4n) is 1.77. The molecule has 0 unspecified atom stereocenters. The second kappa shape index (κ2) is 5.23. The van der Waals surface area contributed by atoms with Crippen molar-refractivity contribution in [3.8, 4) is 11.5 Å². The average Bonchev–Trinajstić information content (AvgIpc) is 2.95. The van der Waals surface area contributed by atoms with Crippen molar-refractivity contribution in [3.05, 3.63) is 39.8 Å². The molecular formula is C13H13N5O3. The average molecular weight is 287 g/mol. The third kappa shape index (κ3) is 2.69. The zero-order chi connectivity index (χ0) is 14.8. The number of rotatable bonds is 3. The number of hydrogen-bond acceptors (Lipinski definition) is 7. The zero-order valence-corrected chi connectivity index (χ0v) is 11.5. The van der Waals surface area contributed by atoms with Crippen LogP contribution in [0.15, 0.2) is 28.1 Å². The van der Waals surface area contributed by atoms with Gasteiger partial charge in [0, 0.05) is 5.56 Å². The fraction of sp³-hybridized carbons (Fsp3) is 0.231. The molecule has 0 atom stereocenters. The zero-order valence-electron chi connectivity index (χ0n) is 11.5. The lowest BCUT2D eigenvalue weighted by Gasteiger charge is -2.04. The van der Waals surface area contributed by atoms with Crippen LogP contribution in [0.3, 0.4) is 0 Å². The maximum absolute atomic E-state index is 11.4. The summed E-state index contributed by atoms with van der Waals surface area (Å²) in [5.41, 5.74) is 4.24. The van der Waals surface area contributed by atoms with Crippen molar-refractivity contribution < 1.29 is 9.47 Å². The van der Waals surface area contributed by atoms with Crippen LogP contribution in [0.2, 0.25) is 0 Å². The molecule has 0 bridgehead atoms. The van der Waals surface area contributed by atoms with E-state index in [0.29, 0.717) is 22.9 Å². The van der Waals surface area contributed by atoms with Gasteiger partial charge in [-0.3, -0.25) is 9.78 Å². The predicted octanol–water partition coefficient (Wildman–Crippen LogP) is 1.04. The molecule has 0 saturated carbocycles. The van der Waals surface area contributed by atoms with E-state index in [-0.39, 0.29) is 18.3 Å². The van der Waals surface area contributed by atoms with E-state index in [2.05, 4.69) is 25.7 Å². The van der Waals surface area contributed by atoms with E-state index in [1.807, 2.05) is 25.1 Å². The maximum atomic E-state index is 11.4. The van der Waals surface area contributed by atoms with Gasteiger partial charge in [0.05, 0.1) is 5.71 Å². The summed E-state index contributed by atoms with van der Waals surface area (Å²) in [4.78, 5) is 13.9. The van der Waals surface area contributed by atoms with Gasteiger partial charge in [0.2, 0.25) is 12.7 Å². The fourth-order valence-corrected chi connectivity index (χ4v) is 1.77. The molecule has 0 spiro atoms. The minimum Gasteiger partial charge on any atom is -0.454 e. The van der Waals surface area contributed by atoms with Crippen molar-refractivity contribution in [2.75, 3.05) is 12.2 Å². The molecule has 0 fully saturated rings. The number of aryl methyl sites for hydroxylation is 1. The summed E-state index contributed by atoms with van der Waals surface area (Å²) in [6.07, 6.45) is 0. The molecule has 2 heterocycles. The number of nitrogens with zero attached hydrogens (tertiary/aromatic N) is 3. The molecule has 0 aliphatic carbocycles. The lowest BCUT2D eigenvalue weighted by Crippen LogP contribution is -2.16. The van der Waals surface area contributed by atoms with Crippen molar-refractivity contribution in [1.82, 2.24) is 15.2 Å². The normalized spacial score (nSPS) is 13.3. The van der Waals surface area contributed by atoms with E-state index in [1.165, 1.54) is 0 Å². The summed E-state index contributed by atoms with van der Waals surface area (Å²) >= 11 is 0. The van der Waals surface area contributed by atoms with Crippen LogP contribution < -0.4 is 20.5 Å². The molecule has 8 heteroatoms. The second-order valence-electron chi connectivity index (χ2n) is 4.47. The molecule has 3 rings (SSSR count). The molecule has 1 aromatic heterocycles. The van der Waals surface area contributed by atoms with Gasteiger partial charge in [0.1, 0.15) is 5.69 Å². The first-order chi connectivity index (χ1) is 10.1. The summed E-state index contributed by atoms with van der Waals surface area (Å²) in [5, 5.41) is 11.7. The lowest BCUT2D eigenvalue weighted by atomic mass is 10.1. The minimum absolute atomic E-state index is 0.186. The van der Waals surface area contributed by atoms with Gasteiger partial charge in [-0.05, 0) is 32.0 Å². The first-order valence-electron chi connectivity index (χ1n) is 6.27. The van der Waals surface area contributed by atoms with Crippen LogP contribution in [-0.2, 0) is 0 Å². The van der Waals surface area contributed by atoms with Gasteiger partial charge in [0.25, 0.3) is 5.56 Å². The number of anilines is 1. The summed E-state index contributed by atoms with van der Waals surface area (Å²) < 4.78 is 10.6. The van der Waals surface area contributed by atoms with Crippen LogP contribution in [0.5, 0.6) is 11.5 Å². The van der Waals surface area contributed by atoms with E-state index >= 15 is 0 Å². The highest BCUT2D eigenvalue weighted by Crippen LogP contribution is 2.32. The molecule has 0 radical (unpaired) electrons.